The van der Waals surface area contributed by atoms with Crippen LogP contribution in [0.4, 0.5) is 5.82 Å². The van der Waals surface area contributed by atoms with E-state index in [4.69, 9.17) is 5.73 Å². The molecule has 89 valence electrons. The van der Waals surface area contributed by atoms with E-state index in [9.17, 15) is 0 Å². The fourth-order valence-corrected chi connectivity index (χ4v) is 2.03. The third kappa shape index (κ3) is 2.07. The maximum Gasteiger partial charge on any atom is 0.153 e. The molecule has 0 bridgehead atoms. The van der Waals surface area contributed by atoms with Crippen molar-refractivity contribution in [3.05, 3.63) is 66.1 Å². The van der Waals surface area contributed by atoms with Gasteiger partial charge in [0.2, 0.25) is 0 Å². The molecule has 2 aromatic carbocycles. The van der Waals surface area contributed by atoms with Gasteiger partial charge in [0.15, 0.2) is 5.82 Å². The van der Waals surface area contributed by atoms with Crippen LogP contribution in [-0.4, -0.2) is 10.2 Å². The van der Waals surface area contributed by atoms with Crippen LogP contribution in [0, 0.1) is 6.42 Å². The molecule has 0 atom stereocenters. The van der Waals surface area contributed by atoms with E-state index in [-0.39, 0.29) is 0 Å². The molecule has 0 amide bonds. The molecule has 1 heterocycles. The number of H-pyrrole nitrogens is 1. The first-order valence-electron chi connectivity index (χ1n) is 5.94. The summed E-state index contributed by atoms with van der Waals surface area (Å²) < 4.78 is 0. The first-order chi connectivity index (χ1) is 8.83. The predicted octanol–water partition coefficient (Wildman–Crippen LogP) is 2.94. The summed E-state index contributed by atoms with van der Waals surface area (Å²) in [5.74, 6) is 0.562. The SMILES string of the molecule is Nc1n[nH]c2ccc(C[CH]c3ccccc3)cc12. The van der Waals surface area contributed by atoms with Crippen molar-refractivity contribution in [1.82, 2.24) is 10.2 Å². The minimum Gasteiger partial charge on any atom is -0.382 e. The van der Waals surface area contributed by atoms with E-state index < -0.39 is 0 Å². The number of hydrogen-bond acceptors (Lipinski definition) is 2. The highest BCUT2D eigenvalue weighted by Crippen LogP contribution is 2.20. The van der Waals surface area contributed by atoms with Gasteiger partial charge in [0.1, 0.15) is 0 Å². The summed E-state index contributed by atoms with van der Waals surface area (Å²) in [5, 5.41) is 7.90. The van der Waals surface area contributed by atoms with Gasteiger partial charge >= 0.3 is 0 Å². The average Bonchev–Trinajstić information content (AvgIpc) is 2.79. The Morgan fingerprint density at radius 3 is 2.78 bits per heavy atom. The molecule has 0 aliphatic heterocycles. The van der Waals surface area contributed by atoms with Crippen LogP contribution in [0.1, 0.15) is 11.1 Å². The van der Waals surface area contributed by atoms with Gasteiger partial charge in [-0.05, 0) is 36.1 Å². The summed E-state index contributed by atoms with van der Waals surface area (Å²) in [5.41, 5.74) is 9.25. The lowest BCUT2D eigenvalue weighted by Crippen LogP contribution is -1.89. The van der Waals surface area contributed by atoms with E-state index in [0.29, 0.717) is 5.82 Å². The number of aromatic nitrogens is 2. The lowest BCUT2D eigenvalue weighted by atomic mass is 10.0. The third-order valence-corrected chi connectivity index (χ3v) is 3.03. The van der Waals surface area contributed by atoms with Gasteiger partial charge in [-0.15, -0.1) is 0 Å². The molecular formula is C15H14N3. The number of anilines is 1. The molecular weight excluding hydrogens is 222 g/mol. The van der Waals surface area contributed by atoms with Crippen LogP contribution in [0.2, 0.25) is 0 Å². The predicted molar refractivity (Wildman–Crippen MR) is 74.1 cm³/mol. The summed E-state index contributed by atoms with van der Waals surface area (Å²) in [4.78, 5) is 0. The van der Waals surface area contributed by atoms with Gasteiger partial charge in [0.25, 0.3) is 0 Å². The maximum atomic E-state index is 5.80. The Hall–Kier alpha value is -2.29. The smallest absolute Gasteiger partial charge is 0.153 e. The second-order valence-corrected chi connectivity index (χ2v) is 4.31. The summed E-state index contributed by atoms with van der Waals surface area (Å²) >= 11 is 0. The largest absolute Gasteiger partial charge is 0.382 e. The first kappa shape index (κ1) is 10.8. The lowest BCUT2D eigenvalue weighted by molar-refractivity contribution is 1.13. The van der Waals surface area contributed by atoms with Crippen molar-refractivity contribution in [2.45, 2.75) is 6.42 Å². The highest BCUT2D eigenvalue weighted by Gasteiger charge is 2.03. The van der Waals surface area contributed by atoms with Gasteiger partial charge in [-0.25, -0.2) is 0 Å². The second kappa shape index (κ2) is 4.53. The number of fused-ring (bicyclic) bond motifs is 1. The lowest BCUT2D eigenvalue weighted by Gasteiger charge is -2.02. The van der Waals surface area contributed by atoms with E-state index >= 15 is 0 Å². The standard InChI is InChI=1S/C15H14N3/c16-15-13-10-12(8-9-14(13)17-18-15)7-6-11-4-2-1-3-5-11/h1-6,8-10H,7H2,(H3,16,17,18). The molecule has 0 aliphatic carbocycles. The van der Waals surface area contributed by atoms with Crippen molar-refractivity contribution in [3.8, 4) is 0 Å². The molecule has 3 N–H and O–H groups in total. The van der Waals surface area contributed by atoms with E-state index in [1.54, 1.807) is 0 Å². The number of rotatable bonds is 3. The van der Waals surface area contributed by atoms with Crippen LogP contribution < -0.4 is 5.73 Å². The zero-order valence-electron chi connectivity index (χ0n) is 9.93. The van der Waals surface area contributed by atoms with Crippen molar-refractivity contribution in [3.63, 3.8) is 0 Å². The Bertz CT molecular complexity index is 656. The van der Waals surface area contributed by atoms with Crippen molar-refractivity contribution in [2.75, 3.05) is 5.73 Å². The van der Waals surface area contributed by atoms with E-state index in [1.807, 2.05) is 24.3 Å². The van der Waals surface area contributed by atoms with Crippen LogP contribution >= 0.6 is 0 Å². The Labute approximate surface area is 106 Å². The monoisotopic (exact) mass is 236 g/mol. The van der Waals surface area contributed by atoms with Crippen molar-refractivity contribution < 1.29 is 0 Å². The van der Waals surface area contributed by atoms with Crippen molar-refractivity contribution >= 4 is 16.7 Å². The van der Waals surface area contributed by atoms with Gasteiger partial charge < -0.3 is 5.73 Å². The Balaban J connectivity index is 1.80. The number of nitrogens with zero attached hydrogens (tertiary/aromatic N) is 1. The number of aromatic amines is 1. The van der Waals surface area contributed by atoms with E-state index in [1.165, 1.54) is 11.1 Å². The van der Waals surface area contributed by atoms with E-state index in [2.05, 4.69) is 40.9 Å². The van der Waals surface area contributed by atoms with Gasteiger partial charge in [0, 0.05) is 5.39 Å². The van der Waals surface area contributed by atoms with Crippen LogP contribution in [0.3, 0.4) is 0 Å². The average molecular weight is 236 g/mol. The molecule has 0 aliphatic rings. The van der Waals surface area contributed by atoms with E-state index in [0.717, 1.165) is 17.3 Å². The second-order valence-electron chi connectivity index (χ2n) is 4.31. The molecule has 1 radical (unpaired) electrons. The highest BCUT2D eigenvalue weighted by atomic mass is 15.1. The molecule has 3 heteroatoms. The number of nitrogens with two attached hydrogens (primary N) is 1. The molecule has 3 aromatic rings. The fraction of sp³-hybridized carbons (Fsp3) is 0.0667. The van der Waals surface area contributed by atoms with Gasteiger partial charge in [-0.3, -0.25) is 5.10 Å². The molecule has 0 spiro atoms. The van der Waals surface area contributed by atoms with Crippen LogP contribution in [-0.2, 0) is 6.42 Å². The summed E-state index contributed by atoms with van der Waals surface area (Å²) in [6.45, 7) is 0. The Kier molecular flexibility index (Phi) is 2.73. The molecule has 3 nitrogen and oxygen atoms in total. The highest BCUT2D eigenvalue weighted by molar-refractivity contribution is 5.89. The minimum atomic E-state index is 0.562. The molecule has 0 fully saturated rings. The quantitative estimate of drug-likeness (QED) is 0.734. The number of hydrogen-bond donors (Lipinski definition) is 2. The molecule has 0 unspecified atom stereocenters. The molecule has 3 rings (SSSR count). The zero-order chi connectivity index (χ0) is 12.4. The molecule has 0 saturated heterocycles. The fourth-order valence-electron chi connectivity index (χ4n) is 2.03. The van der Waals surface area contributed by atoms with Crippen molar-refractivity contribution in [1.29, 1.82) is 0 Å². The number of nitrogens with one attached hydrogen (secondary N) is 1. The normalized spacial score (nSPS) is 10.9. The zero-order valence-corrected chi connectivity index (χ0v) is 9.93. The molecule has 18 heavy (non-hydrogen) atoms. The maximum absolute atomic E-state index is 5.80. The summed E-state index contributed by atoms with van der Waals surface area (Å²) in [7, 11) is 0. The minimum absolute atomic E-state index is 0.562. The topological polar surface area (TPSA) is 54.7 Å². The Morgan fingerprint density at radius 2 is 1.94 bits per heavy atom. The van der Waals surface area contributed by atoms with Gasteiger partial charge in [0.05, 0.1) is 5.52 Å². The number of benzene rings is 2. The van der Waals surface area contributed by atoms with Crippen molar-refractivity contribution in [2.24, 2.45) is 0 Å². The van der Waals surface area contributed by atoms with Crippen LogP contribution in [0.25, 0.3) is 10.9 Å². The number of nitrogen functional groups attached to an aromatic ring is 1. The Morgan fingerprint density at radius 1 is 1.11 bits per heavy atom. The summed E-state index contributed by atoms with van der Waals surface area (Å²) in [6.07, 6.45) is 3.10. The van der Waals surface area contributed by atoms with Crippen LogP contribution in [0.15, 0.2) is 48.5 Å². The van der Waals surface area contributed by atoms with Crippen LogP contribution in [0.5, 0.6) is 0 Å². The third-order valence-electron chi connectivity index (χ3n) is 3.03. The van der Waals surface area contributed by atoms with Gasteiger partial charge in [-0.1, -0.05) is 36.4 Å². The summed E-state index contributed by atoms with van der Waals surface area (Å²) in [6, 6.07) is 16.5. The molecule has 1 aromatic heterocycles. The first-order valence-corrected chi connectivity index (χ1v) is 5.94. The molecule has 0 saturated carbocycles. The van der Waals surface area contributed by atoms with Gasteiger partial charge in [-0.2, -0.15) is 5.10 Å².